The molecular weight excluding hydrogens is 341 g/mol. The van der Waals surface area contributed by atoms with Crippen LogP contribution in [0.4, 0.5) is 0 Å². The standard InChI is InChI=1S/C13H16Cl3NO2S/c1-2-7-17(9-3-4-9)20(18,19)12-6-5-11(15)10(8-14)13(12)16/h5-6,9H,2-4,7-8H2,1H3. The van der Waals surface area contributed by atoms with Crippen LogP contribution in [-0.2, 0) is 15.9 Å². The van der Waals surface area contributed by atoms with Gasteiger partial charge in [-0.25, -0.2) is 8.42 Å². The summed E-state index contributed by atoms with van der Waals surface area (Å²) < 4.78 is 27.1. The second-order valence-electron chi connectivity index (χ2n) is 4.82. The van der Waals surface area contributed by atoms with Crippen LogP contribution in [0.25, 0.3) is 0 Å². The molecule has 1 aromatic rings. The van der Waals surface area contributed by atoms with Crippen molar-refractivity contribution in [3.05, 3.63) is 27.7 Å². The summed E-state index contributed by atoms with van der Waals surface area (Å²) in [5.74, 6) is 0.0816. The Hall–Kier alpha value is -0.000000000000000167. The van der Waals surface area contributed by atoms with Gasteiger partial charge in [-0.05, 0) is 31.4 Å². The van der Waals surface area contributed by atoms with Gasteiger partial charge in [-0.3, -0.25) is 0 Å². The number of sulfonamides is 1. The highest BCUT2D eigenvalue weighted by atomic mass is 35.5. The molecule has 0 amide bonds. The fraction of sp³-hybridized carbons (Fsp3) is 0.538. The third kappa shape index (κ3) is 3.09. The summed E-state index contributed by atoms with van der Waals surface area (Å²) in [5, 5.41) is 0.520. The first-order valence-electron chi connectivity index (χ1n) is 6.48. The van der Waals surface area contributed by atoms with Gasteiger partial charge in [0, 0.05) is 23.2 Å². The van der Waals surface area contributed by atoms with E-state index >= 15 is 0 Å². The molecule has 0 radical (unpaired) electrons. The van der Waals surface area contributed by atoms with Crippen molar-refractivity contribution in [2.45, 2.75) is 43.0 Å². The highest BCUT2D eigenvalue weighted by Gasteiger charge is 2.38. The highest BCUT2D eigenvalue weighted by molar-refractivity contribution is 7.89. The molecule has 20 heavy (non-hydrogen) atoms. The molecule has 1 aliphatic rings. The van der Waals surface area contributed by atoms with E-state index < -0.39 is 10.0 Å². The number of hydrogen-bond acceptors (Lipinski definition) is 2. The van der Waals surface area contributed by atoms with E-state index in [4.69, 9.17) is 34.8 Å². The fourth-order valence-electron chi connectivity index (χ4n) is 2.11. The lowest BCUT2D eigenvalue weighted by Crippen LogP contribution is -2.34. The minimum absolute atomic E-state index is 0.0816. The first-order chi connectivity index (χ1) is 9.43. The largest absolute Gasteiger partial charge is 0.244 e. The summed E-state index contributed by atoms with van der Waals surface area (Å²) in [7, 11) is -3.60. The zero-order chi connectivity index (χ0) is 14.9. The van der Waals surface area contributed by atoms with Crippen molar-refractivity contribution in [2.75, 3.05) is 6.54 Å². The maximum atomic E-state index is 12.8. The molecule has 3 nitrogen and oxygen atoms in total. The van der Waals surface area contributed by atoms with Crippen molar-refractivity contribution in [1.29, 1.82) is 0 Å². The van der Waals surface area contributed by atoms with Gasteiger partial charge in [-0.2, -0.15) is 4.31 Å². The van der Waals surface area contributed by atoms with Crippen LogP contribution in [0.15, 0.2) is 17.0 Å². The predicted molar refractivity (Wildman–Crippen MR) is 83.2 cm³/mol. The zero-order valence-electron chi connectivity index (χ0n) is 11.1. The first kappa shape index (κ1) is 16.4. The van der Waals surface area contributed by atoms with E-state index in [1.54, 1.807) is 4.31 Å². The van der Waals surface area contributed by atoms with Crippen LogP contribution in [0.2, 0.25) is 10.0 Å². The van der Waals surface area contributed by atoms with Gasteiger partial charge in [0.2, 0.25) is 10.0 Å². The molecule has 0 atom stereocenters. The maximum Gasteiger partial charge on any atom is 0.244 e. The molecule has 0 N–H and O–H groups in total. The van der Waals surface area contributed by atoms with Crippen molar-refractivity contribution in [3.63, 3.8) is 0 Å². The van der Waals surface area contributed by atoms with E-state index in [2.05, 4.69) is 0 Å². The van der Waals surface area contributed by atoms with E-state index in [0.29, 0.717) is 17.1 Å². The maximum absolute atomic E-state index is 12.8. The molecular formula is C13H16Cl3NO2S. The molecule has 1 aliphatic carbocycles. The van der Waals surface area contributed by atoms with Crippen LogP contribution in [-0.4, -0.2) is 25.3 Å². The Bertz CT molecular complexity index is 600. The van der Waals surface area contributed by atoms with E-state index in [1.807, 2.05) is 6.92 Å². The van der Waals surface area contributed by atoms with Gasteiger partial charge < -0.3 is 0 Å². The molecule has 0 spiro atoms. The number of halogens is 3. The lowest BCUT2D eigenvalue weighted by molar-refractivity contribution is 0.403. The van der Waals surface area contributed by atoms with Gasteiger partial charge in [-0.1, -0.05) is 30.1 Å². The van der Waals surface area contributed by atoms with Crippen molar-refractivity contribution in [2.24, 2.45) is 0 Å². The van der Waals surface area contributed by atoms with E-state index in [1.165, 1.54) is 12.1 Å². The van der Waals surface area contributed by atoms with Gasteiger partial charge in [0.25, 0.3) is 0 Å². The molecule has 112 valence electrons. The molecule has 0 unspecified atom stereocenters. The van der Waals surface area contributed by atoms with Gasteiger partial charge in [-0.15, -0.1) is 11.6 Å². The third-order valence-electron chi connectivity index (χ3n) is 3.27. The van der Waals surface area contributed by atoms with E-state index in [9.17, 15) is 8.42 Å². The Labute approximate surface area is 134 Å². The quantitative estimate of drug-likeness (QED) is 0.713. The topological polar surface area (TPSA) is 37.4 Å². The van der Waals surface area contributed by atoms with Gasteiger partial charge in [0.15, 0.2) is 0 Å². The van der Waals surface area contributed by atoms with Crippen LogP contribution >= 0.6 is 34.8 Å². The summed E-state index contributed by atoms with van der Waals surface area (Å²) in [4.78, 5) is 0.0968. The average molecular weight is 357 g/mol. The number of hydrogen-bond donors (Lipinski definition) is 0. The molecule has 1 aromatic carbocycles. The molecule has 7 heteroatoms. The number of nitrogens with zero attached hydrogens (tertiary/aromatic N) is 1. The van der Waals surface area contributed by atoms with Crippen LogP contribution in [0.1, 0.15) is 31.7 Å². The van der Waals surface area contributed by atoms with Crippen molar-refractivity contribution in [1.82, 2.24) is 4.31 Å². The first-order valence-corrected chi connectivity index (χ1v) is 9.21. The Balaban J connectivity index is 2.48. The Morgan fingerprint density at radius 3 is 2.45 bits per heavy atom. The minimum atomic E-state index is -3.60. The lowest BCUT2D eigenvalue weighted by Gasteiger charge is -2.22. The number of benzene rings is 1. The van der Waals surface area contributed by atoms with E-state index in [0.717, 1.165) is 19.3 Å². The summed E-state index contributed by atoms with van der Waals surface area (Å²) in [6.07, 6.45) is 2.59. The van der Waals surface area contributed by atoms with Crippen molar-refractivity contribution >= 4 is 44.8 Å². The number of rotatable bonds is 6. The SMILES string of the molecule is CCCN(C1CC1)S(=O)(=O)c1ccc(Cl)c(CCl)c1Cl. The monoisotopic (exact) mass is 355 g/mol. The molecule has 1 fully saturated rings. The molecule has 0 heterocycles. The third-order valence-corrected chi connectivity index (χ3v) is 6.43. The predicted octanol–water partition coefficient (Wildman–Crippen LogP) is 4.30. The smallest absolute Gasteiger partial charge is 0.207 e. The van der Waals surface area contributed by atoms with E-state index in [-0.39, 0.29) is 21.8 Å². The summed E-state index contributed by atoms with van der Waals surface area (Å²) in [5.41, 5.74) is 0.461. The zero-order valence-corrected chi connectivity index (χ0v) is 14.2. The molecule has 2 rings (SSSR count). The van der Waals surface area contributed by atoms with Gasteiger partial charge in [0.05, 0.1) is 10.9 Å². The summed E-state index contributed by atoms with van der Waals surface area (Å²) in [6, 6.07) is 3.10. The molecule has 0 aromatic heterocycles. The minimum Gasteiger partial charge on any atom is -0.207 e. The van der Waals surface area contributed by atoms with Crippen LogP contribution in [0.5, 0.6) is 0 Å². The molecule has 0 saturated heterocycles. The Kier molecular flexibility index (Phi) is 5.24. The second kappa shape index (κ2) is 6.41. The highest BCUT2D eigenvalue weighted by Crippen LogP contribution is 2.37. The van der Waals surface area contributed by atoms with Crippen molar-refractivity contribution < 1.29 is 8.42 Å². The molecule has 1 saturated carbocycles. The van der Waals surface area contributed by atoms with Crippen LogP contribution in [0.3, 0.4) is 0 Å². The molecule has 0 bridgehead atoms. The normalized spacial score (nSPS) is 15.8. The van der Waals surface area contributed by atoms with Gasteiger partial charge >= 0.3 is 0 Å². The fourth-order valence-corrected chi connectivity index (χ4v) is 5.19. The summed E-state index contributed by atoms with van der Waals surface area (Å²) in [6.45, 7) is 2.46. The summed E-state index contributed by atoms with van der Waals surface area (Å²) >= 11 is 18.0. The average Bonchev–Trinajstić information content (AvgIpc) is 3.20. The van der Waals surface area contributed by atoms with Crippen molar-refractivity contribution in [3.8, 4) is 0 Å². The second-order valence-corrected chi connectivity index (χ2v) is 7.73. The van der Waals surface area contributed by atoms with Crippen LogP contribution in [0, 0.1) is 0 Å². The Morgan fingerprint density at radius 1 is 1.30 bits per heavy atom. The Morgan fingerprint density at radius 2 is 1.95 bits per heavy atom. The van der Waals surface area contributed by atoms with Gasteiger partial charge in [0.1, 0.15) is 4.90 Å². The lowest BCUT2D eigenvalue weighted by atomic mass is 10.2. The van der Waals surface area contributed by atoms with Crippen LogP contribution < -0.4 is 0 Å². The molecule has 0 aliphatic heterocycles. The number of alkyl halides is 1.